The van der Waals surface area contributed by atoms with Gasteiger partial charge in [-0.2, -0.15) is 0 Å². The first-order valence-corrected chi connectivity index (χ1v) is 9.24. The first-order valence-electron chi connectivity index (χ1n) is 6.69. The molecular formula is C15H11Cl2FN2OS2. The number of aromatic amines is 1. The number of hydrogen-bond donors (Lipinski definition) is 1. The molecule has 3 rings (SSSR count). The number of aryl methyl sites for hydroxylation is 1. The van der Waals surface area contributed by atoms with Gasteiger partial charge in [-0.05, 0) is 24.6 Å². The van der Waals surface area contributed by atoms with Crippen molar-refractivity contribution in [2.75, 3.05) is 12.4 Å². The molecule has 2 heterocycles. The van der Waals surface area contributed by atoms with E-state index in [1.165, 1.54) is 23.1 Å². The van der Waals surface area contributed by atoms with Crippen molar-refractivity contribution in [3.8, 4) is 11.1 Å². The third-order valence-electron chi connectivity index (χ3n) is 3.24. The Bertz CT molecular complexity index is 939. The Kier molecular flexibility index (Phi) is 4.96. The fourth-order valence-electron chi connectivity index (χ4n) is 2.30. The van der Waals surface area contributed by atoms with E-state index in [9.17, 15) is 9.18 Å². The van der Waals surface area contributed by atoms with E-state index in [0.717, 1.165) is 16.0 Å². The topological polar surface area (TPSA) is 45.8 Å². The smallest absolute Gasteiger partial charge is 0.260 e. The molecule has 0 amide bonds. The third kappa shape index (κ3) is 3.26. The molecule has 3 aromatic rings. The van der Waals surface area contributed by atoms with Crippen molar-refractivity contribution in [2.45, 2.75) is 12.1 Å². The zero-order chi connectivity index (χ0) is 16.6. The zero-order valence-electron chi connectivity index (χ0n) is 12.0. The molecule has 0 unspecified atom stereocenters. The summed E-state index contributed by atoms with van der Waals surface area (Å²) in [5.41, 5.74) is 1.39. The first-order chi connectivity index (χ1) is 11.0. The molecule has 3 nitrogen and oxygen atoms in total. The number of thiophene rings is 1. The Hall–Kier alpha value is -1.08. The van der Waals surface area contributed by atoms with Gasteiger partial charge in [0.15, 0.2) is 5.16 Å². The fourth-order valence-corrected chi connectivity index (χ4v) is 4.29. The molecule has 0 spiro atoms. The monoisotopic (exact) mass is 388 g/mol. The van der Waals surface area contributed by atoms with Crippen LogP contribution in [0.5, 0.6) is 0 Å². The maximum atomic E-state index is 12.5. The van der Waals surface area contributed by atoms with Gasteiger partial charge < -0.3 is 4.98 Å². The summed E-state index contributed by atoms with van der Waals surface area (Å²) in [6, 6.07) is 5.27. The van der Waals surface area contributed by atoms with E-state index in [2.05, 4.69) is 9.97 Å². The molecule has 0 aliphatic rings. The predicted octanol–water partition coefficient (Wildman–Crippen LogP) is 5.33. The van der Waals surface area contributed by atoms with Gasteiger partial charge in [0.05, 0.1) is 22.1 Å². The lowest BCUT2D eigenvalue weighted by molar-refractivity contribution is 0.532. The summed E-state index contributed by atoms with van der Waals surface area (Å²) >= 11 is 14.7. The summed E-state index contributed by atoms with van der Waals surface area (Å²) < 4.78 is 12.3. The van der Waals surface area contributed by atoms with Gasteiger partial charge in [-0.25, -0.2) is 4.98 Å². The Morgan fingerprint density at radius 1 is 1.35 bits per heavy atom. The number of nitrogens with one attached hydrogen (secondary N) is 1. The standard InChI is InChI=1S/C15H11Cl2FN2OS2/c1-7-11(8-2-3-9(16)10(17)6-8)12-13(21)19-15(22-5-4-18)20-14(12)23-7/h2-3,6H,4-5H2,1H3,(H,19,20,21). The van der Waals surface area contributed by atoms with Crippen molar-refractivity contribution >= 4 is 56.5 Å². The number of rotatable bonds is 4. The molecule has 0 saturated heterocycles. The lowest BCUT2D eigenvalue weighted by atomic mass is 10.0. The molecule has 0 aliphatic heterocycles. The molecule has 1 N–H and O–H groups in total. The van der Waals surface area contributed by atoms with Gasteiger partial charge in [0.2, 0.25) is 0 Å². The Morgan fingerprint density at radius 3 is 2.83 bits per heavy atom. The van der Waals surface area contributed by atoms with Gasteiger partial charge in [0, 0.05) is 16.2 Å². The number of thioether (sulfide) groups is 1. The predicted molar refractivity (Wildman–Crippen MR) is 97.1 cm³/mol. The van der Waals surface area contributed by atoms with Crippen LogP contribution in [0.3, 0.4) is 0 Å². The van der Waals surface area contributed by atoms with E-state index in [4.69, 9.17) is 23.2 Å². The van der Waals surface area contributed by atoms with Gasteiger partial charge in [-0.1, -0.05) is 41.0 Å². The van der Waals surface area contributed by atoms with Crippen LogP contribution in [0.4, 0.5) is 4.39 Å². The van der Waals surface area contributed by atoms with Gasteiger partial charge >= 0.3 is 0 Å². The molecule has 23 heavy (non-hydrogen) atoms. The van der Waals surface area contributed by atoms with E-state index in [0.29, 0.717) is 25.4 Å². The normalized spacial score (nSPS) is 11.3. The van der Waals surface area contributed by atoms with Crippen LogP contribution in [-0.2, 0) is 0 Å². The highest BCUT2D eigenvalue weighted by molar-refractivity contribution is 7.99. The number of benzene rings is 1. The molecule has 0 fully saturated rings. The fraction of sp³-hybridized carbons (Fsp3) is 0.200. The van der Waals surface area contributed by atoms with E-state index in [1.807, 2.05) is 13.0 Å². The second-order valence-corrected chi connectivity index (χ2v) is 7.85. The van der Waals surface area contributed by atoms with Crippen molar-refractivity contribution in [1.29, 1.82) is 0 Å². The highest BCUT2D eigenvalue weighted by Crippen LogP contribution is 2.38. The molecule has 0 radical (unpaired) electrons. The molecule has 0 aliphatic carbocycles. The quantitative estimate of drug-likeness (QED) is 0.485. The number of alkyl halides is 1. The van der Waals surface area contributed by atoms with Crippen LogP contribution in [-0.4, -0.2) is 22.4 Å². The maximum Gasteiger partial charge on any atom is 0.260 e. The Morgan fingerprint density at radius 2 is 2.13 bits per heavy atom. The van der Waals surface area contributed by atoms with Crippen LogP contribution < -0.4 is 5.56 Å². The van der Waals surface area contributed by atoms with Crippen molar-refractivity contribution in [1.82, 2.24) is 9.97 Å². The Labute approximate surface area is 149 Å². The summed E-state index contributed by atoms with van der Waals surface area (Å²) in [4.78, 5) is 21.2. The lowest BCUT2D eigenvalue weighted by Crippen LogP contribution is -2.09. The molecule has 2 aromatic heterocycles. The second kappa shape index (κ2) is 6.81. The summed E-state index contributed by atoms with van der Waals surface area (Å²) in [7, 11) is 0. The molecule has 120 valence electrons. The maximum absolute atomic E-state index is 12.5. The van der Waals surface area contributed by atoms with Crippen molar-refractivity contribution in [2.24, 2.45) is 0 Å². The molecule has 0 saturated carbocycles. The molecular weight excluding hydrogens is 378 g/mol. The number of hydrogen-bond acceptors (Lipinski definition) is 4. The zero-order valence-corrected chi connectivity index (χ0v) is 15.1. The van der Waals surface area contributed by atoms with E-state index >= 15 is 0 Å². The Balaban J connectivity index is 2.20. The van der Waals surface area contributed by atoms with Gasteiger partial charge in [0.25, 0.3) is 5.56 Å². The number of aromatic nitrogens is 2. The average Bonchev–Trinajstić information content (AvgIpc) is 2.84. The molecule has 0 atom stereocenters. The highest BCUT2D eigenvalue weighted by Gasteiger charge is 2.17. The van der Waals surface area contributed by atoms with Crippen LogP contribution in [0.25, 0.3) is 21.3 Å². The minimum Gasteiger partial charge on any atom is -0.301 e. The number of H-pyrrole nitrogens is 1. The molecule has 8 heteroatoms. The van der Waals surface area contributed by atoms with Crippen molar-refractivity contribution < 1.29 is 4.39 Å². The molecule has 1 aromatic carbocycles. The number of nitrogens with zero attached hydrogens (tertiary/aromatic N) is 1. The van der Waals surface area contributed by atoms with Crippen LogP contribution in [0.2, 0.25) is 10.0 Å². The van der Waals surface area contributed by atoms with Gasteiger partial charge in [-0.3, -0.25) is 9.18 Å². The largest absolute Gasteiger partial charge is 0.301 e. The summed E-state index contributed by atoms with van der Waals surface area (Å²) in [5, 5.41) is 1.85. The molecule has 0 bridgehead atoms. The van der Waals surface area contributed by atoms with Gasteiger partial charge in [0.1, 0.15) is 4.83 Å². The van der Waals surface area contributed by atoms with Crippen LogP contribution >= 0.6 is 46.3 Å². The van der Waals surface area contributed by atoms with Gasteiger partial charge in [-0.15, -0.1) is 11.3 Å². The summed E-state index contributed by atoms with van der Waals surface area (Å²) in [6.07, 6.45) is 0. The lowest BCUT2D eigenvalue weighted by Gasteiger charge is -2.04. The third-order valence-corrected chi connectivity index (χ3v) is 5.80. The van der Waals surface area contributed by atoms with E-state index < -0.39 is 6.67 Å². The number of halogens is 3. The van der Waals surface area contributed by atoms with Crippen LogP contribution in [0, 0.1) is 6.92 Å². The minimum atomic E-state index is -0.468. The number of fused-ring (bicyclic) bond motifs is 1. The minimum absolute atomic E-state index is 0.234. The summed E-state index contributed by atoms with van der Waals surface area (Å²) in [5.74, 6) is 0.262. The first kappa shape index (κ1) is 16.8. The van der Waals surface area contributed by atoms with Crippen LogP contribution in [0.15, 0.2) is 28.2 Å². The van der Waals surface area contributed by atoms with Crippen LogP contribution in [0.1, 0.15) is 4.88 Å². The van der Waals surface area contributed by atoms with E-state index in [-0.39, 0.29) is 11.3 Å². The SMILES string of the molecule is Cc1sc2nc(SCCF)[nH]c(=O)c2c1-c1ccc(Cl)c(Cl)c1. The average molecular weight is 389 g/mol. The van der Waals surface area contributed by atoms with Crippen molar-refractivity contribution in [3.05, 3.63) is 43.5 Å². The second-order valence-electron chi connectivity index (χ2n) is 4.75. The summed E-state index contributed by atoms with van der Waals surface area (Å²) in [6.45, 7) is 1.46. The van der Waals surface area contributed by atoms with Crippen molar-refractivity contribution in [3.63, 3.8) is 0 Å². The highest BCUT2D eigenvalue weighted by atomic mass is 35.5. The van der Waals surface area contributed by atoms with E-state index in [1.54, 1.807) is 12.1 Å².